The Morgan fingerprint density at radius 3 is 2.37 bits per heavy atom. The summed E-state index contributed by atoms with van der Waals surface area (Å²) in [6, 6.07) is 5.21. The summed E-state index contributed by atoms with van der Waals surface area (Å²) in [7, 11) is 0. The molecule has 0 unspecified atom stereocenters. The minimum absolute atomic E-state index is 0.0817. The van der Waals surface area contributed by atoms with Crippen molar-refractivity contribution in [3.05, 3.63) is 35.4 Å². The normalized spacial score (nSPS) is 20.3. The number of piperidine rings is 1. The number of carbonyl (C=O) groups is 2. The van der Waals surface area contributed by atoms with Crippen molar-refractivity contribution in [2.75, 3.05) is 26.3 Å². The average molecular weight is 426 g/mol. The zero-order chi connectivity index (χ0) is 21.9. The molecule has 2 saturated heterocycles. The third-order valence-electron chi connectivity index (χ3n) is 6.12. The fourth-order valence-corrected chi connectivity index (χ4v) is 4.26. The molecule has 0 atom stereocenters. The standard InChI is InChI=1S/C22H29F3N2O3/c1-15(2)20(29)27-10-6-16(7-11-27)19(28)26-21(8-12-30-13-9-21)17-4-3-5-18(14-17)22(23,24)25/h3-5,14-16H,6-13H2,1-2H3,(H,26,28). The zero-order valence-corrected chi connectivity index (χ0v) is 17.4. The van der Waals surface area contributed by atoms with Crippen LogP contribution in [0.4, 0.5) is 13.2 Å². The predicted octanol–water partition coefficient (Wildman–Crippen LogP) is 3.72. The van der Waals surface area contributed by atoms with Crippen LogP contribution < -0.4 is 5.32 Å². The molecule has 0 spiro atoms. The molecule has 2 aliphatic heterocycles. The molecular formula is C22H29F3N2O3. The predicted molar refractivity (Wildman–Crippen MR) is 105 cm³/mol. The first-order chi connectivity index (χ1) is 14.1. The molecule has 0 radical (unpaired) electrons. The molecule has 0 aromatic heterocycles. The van der Waals surface area contributed by atoms with Gasteiger partial charge in [0.2, 0.25) is 11.8 Å². The highest BCUT2D eigenvalue weighted by molar-refractivity contribution is 5.81. The van der Waals surface area contributed by atoms with Crippen molar-refractivity contribution in [3.8, 4) is 0 Å². The number of carbonyl (C=O) groups excluding carboxylic acids is 2. The number of nitrogens with zero attached hydrogens (tertiary/aromatic N) is 1. The van der Waals surface area contributed by atoms with E-state index in [-0.39, 0.29) is 23.7 Å². The molecule has 2 heterocycles. The number of likely N-dealkylation sites (tertiary alicyclic amines) is 1. The van der Waals surface area contributed by atoms with Crippen LogP contribution in [-0.2, 0) is 26.0 Å². The van der Waals surface area contributed by atoms with Crippen LogP contribution >= 0.6 is 0 Å². The summed E-state index contributed by atoms with van der Waals surface area (Å²) >= 11 is 0. The molecular weight excluding hydrogens is 397 g/mol. The molecule has 0 bridgehead atoms. The smallest absolute Gasteiger partial charge is 0.381 e. The molecule has 2 fully saturated rings. The zero-order valence-electron chi connectivity index (χ0n) is 17.4. The molecule has 1 aromatic rings. The maximum Gasteiger partial charge on any atom is 0.416 e. The first-order valence-electron chi connectivity index (χ1n) is 10.5. The number of benzene rings is 1. The SMILES string of the molecule is CC(C)C(=O)N1CCC(C(=O)NC2(c3cccc(C(F)(F)F)c3)CCOCC2)CC1. The van der Waals surface area contributed by atoms with Crippen LogP contribution in [0.1, 0.15) is 50.7 Å². The van der Waals surface area contributed by atoms with Crippen molar-refractivity contribution in [1.29, 1.82) is 0 Å². The lowest BCUT2D eigenvalue weighted by Crippen LogP contribution is -2.53. The molecule has 0 saturated carbocycles. The van der Waals surface area contributed by atoms with Crippen LogP contribution in [0.2, 0.25) is 0 Å². The highest BCUT2D eigenvalue weighted by Crippen LogP contribution is 2.37. The second kappa shape index (κ2) is 8.96. The Bertz CT molecular complexity index is 765. The summed E-state index contributed by atoms with van der Waals surface area (Å²) in [4.78, 5) is 27.0. The Hall–Kier alpha value is -2.09. The van der Waals surface area contributed by atoms with Gasteiger partial charge in [0.25, 0.3) is 0 Å². The summed E-state index contributed by atoms with van der Waals surface area (Å²) in [6.45, 7) is 5.50. The van der Waals surface area contributed by atoms with Crippen LogP contribution in [0.5, 0.6) is 0 Å². The number of hydrogen-bond acceptors (Lipinski definition) is 3. The molecule has 2 aliphatic rings. The summed E-state index contributed by atoms with van der Waals surface area (Å²) in [5, 5.41) is 3.07. The fraction of sp³-hybridized carbons (Fsp3) is 0.636. The minimum atomic E-state index is -4.44. The first kappa shape index (κ1) is 22.6. The Labute approximate surface area is 175 Å². The molecule has 3 rings (SSSR count). The van der Waals surface area contributed by atoms with Gasteiger partial charge in [-0.05, 0) is 43.4 Å². The lowest BCUT2D eigenvalue weighted by Gasteiger charge is -2.41. The highest BCUT2D eigenvalue weighted by Gasteiger charge is 2.40. The quantitative estimate of drug-likeness (QED) is 0.798. The second-order valence-corrected chi connectivity index (χ2v) is 8.52. The summed E-state index contributed by atoms with van der Waals surface area (Å²) in [5.74, 6) is -0.418. The molecule has 30 heavy (non-hydrogen) atoms. The van der Waals surface area contributed by atoms with Crippen LogP contribution in [0.3, 0.4) is 0 Å². The van der Waals surface area contributed by atoms with Crippen molar-refractivity contribution in [1.82, 2.24) is 10.2 Å². The Kier molecular flexibility index (Phi) is 6.75. The topological polar surface area (TPSA) is 58.6 Å². The minimum Gasteiger partial charge on any atom is -0.381 e. The van der Waals surface area contributed by atoms with Gasteiger partial charge in [0.15, 0.2) is 0 Å². The lowest BCUT2D eigenvalue weighted by atomic mass is 9.81. The van der Waals surface area contributed by atoms with Crippen molar-refractivity contribution in [3.63, 3.8) is 0 Å². The second-order valence-electron chi connectivity index (χ2n) is 8.52. The molecule has 166 valence electrons. The number of amides is 2. The van der Waals surface area contributed by atoms with E-state index in [1.165, 1.54) is 6.07 Å². The van der Waals surface area contributed by atoms with Gasteiger partial charge in [-0.1, -0.05) is 26.0 Å². The van der Waals surface area contributed by atoms with Gasteiger partial charge in [-0.3, -0.25) is 9.59 Å². The van der Waals surface area contributed by atoms with Crippen molar-refractivity contribution in [2.45, 2.75) is 51.2 Å². The molecule has 8 heteroatoms. The van der Waals surface area contributed by atoms with E-state index < -0.39 is 17.3 Å². The van der Waals surface area contributed by atoms with Crippen LogP contribution in [-0.4, -0.2) is 43.0 Å². The Balaban J connectivity index is 1.75. The van der Waals surface area contributed by atoms with Gasteiger partial charge < -0.3 is 15.0 Å². The van der Waals surface area contributed by atoms with Crippen LogP contribution in [0, 0.1) is 11.8 Å². The number of alkyl halides is 3. The summed E-state index contributed by atoms with van der Waals surface area (Å²) < 4.78 is 45.1. The monoisotopic (exact) mass is 426 g/mol. The Morgan fingerprint density at radius 2 is 1.80 bits per heavy atom. The lowest BCUT2D eigenvalue weighted by molar-refractivity contribution is -0.139. The van der Waals surface area contributed by atoms with E-state index in [9.17, 15) is 22.8 Å². The molecule has 2 amide bonds. The van der Waals surface area contributed by atoms with Gasteiger partial charge in [0, 0.05) is 38.1 Å². The molecule has 0 aliphatic carbocycles. The summed E-state index contributed by atoms with van der Waals surface area (Å²) in [6.07, 6.45) is -2.49. The molecule has 1 N–H and O–H groups in total. The van der Waals surface area contributed by atoms with Gasteiger partial charge in [0.05, 0.1) is 11.1 Å². The van der Waals surface area contributed by atoms with E-state index in [0.717, 1.165) is 12.1 Å². The largest absolute Gasteiger partial charge is 0.416 e. The molecule has 5 nitrogen and oxygen atoms in total. The van der Waals surface area contributed by atoms with E-state index in [1.54, 1.807) is 11.0 Å². The maximum absolute atomic E-state index is 13.2. The third-order valence-corrected chi connectivity index (χ3v) is 6.12. The van der Waals surface area contributed by atoms with Gasteiger partial charge >= 0.3 is 6.18 Å². The van der Waals surface area contributed by atoms with Crippen LogP contribution in [0.25, 0.3) is 0 Å². The number of rotatable bonds is 4. The van der Waals surface area contributed by atoms with Gasteiger partial charge in [0.1, 0.15) is 0 Å². The number of halogens is 3. The average Bonchev–Trinajstić information content (AvgIpc) is 2.73. The fourth-order valence-electron chi connectivity index (χ4n) is 4.26. The highest BCUT2D eigenvalue weighted by atomic mass is 19.4. The number of ether oxygens (including phenoxy) is 1. The van der Waals surface area contributed by atoms with Crippen LogP contribution in [0.15, 0.2) is 24.3 Å². The summed E-state index contributed by atoms with van der Waals surface area (Å²) in [5.41, 5.74) is -1.14. The van der Waals surface area contributed by atoms with Gasteiger partial charge in [-0.25, -0.2) is 0 Å². The Morgan fingerprint density at radius 1 is 1.17 bits per heavy atom. The van der Waals surface area contributed by atoms with Crippen molar-refractivity contribution < 1.29 is 27.5 Å². The number of nitrogens with one attached hydrogen (secondary N) is 1. The van der Waals surface area contributed by atoms with E-state index in [1.807, 2.05) is 13.8 Å². The van der Waals surface area contributed by atoms with Gasteiger partial charge in [-0.15, -0.1) is 0 Å². The van der Waals surface area contributed by atoms with Crippen molar-refractivity contribution in [2.24, 2.45) is 11.8 Å². The van der Waals surface area contributed by atoms with E-state index in [0.29, 0.717) is 57.6 Å². The van der Waals surface area contributed by atoms with E-state index >= 15 is 0 Å². The maximum atomic E-state index is 13.2. The third kappa shape index (κ3) is 4.96. The van der Waals surface area contributed by atoms with E-state index in [2.05, 4.69) is 5.32 Å². The van der Waals surface area contributed by atoms with E-state index in [4.69, 9.17) is 4.74 Å². The first-order valence-corrected chi connectivity index (χ1v) is 10.5. The number of hydrogen-bond donors (Lipinski definition) is 1. The van der Waals surface area contributed by atoms with Gasteiger partial charge in [-0.2, -0.15) is 13.2 Å². The van der Waals surface area contributed by atoms with Crippen molar-refractivity contribution >= 4 is 11.8 Å². The molecule has 1 aromatic carbocycles.